The maximum Gasteiger partial charge on any atom is 0.237 e. The van der Waals surface area contributed by atoms with Crippen molar-refractivity contribution >= 4 is 5.91 Å². The van der Waals surface area contributed by atoms with Gasteiger partial charge in [0.2, 0.25) is 5.91 Å². The highest BCUT2D eigenvalue weighted by molar-refractivity contribution is 5.81. The Bertz CT molecular complexity index is 348. The quantitative estimate of drug-likeness (QED) is 0.761. The van der Waals surface area contributed by atoms with Crippen LogP contribution in [0.25, 0.3) is 0 Å². The molecule has 1 aromatic rings. The number of carbonyl (C=O) groups is 1. The molecule has 16 heavy (non-hydrogen) atoms. The van der Waals surface area contributed by atoms with Crippen molar-refractivity contribution in [3.05, 3.63) is 18.0 Å². The highest BCUT2D eigenvalue weighted by Gasteiger charge is 2.18. The number of aromatic nitrogens is 2. The molecule has 0 fully saturated rings. The fourth-order valence-electron chi connectivity index (χ4n) is 1.38. The van der Waals surface area contributed by atoms with Gasteiger partial charge in [-0.15, -0.1) is 0 Å². The first-order chi connectivity index (χ1) is 7.54. The first kappa shape index (κ1) is 12.7. The van der Waals surface area contributed by atoms with Gasteiger partial charge in [0.15, 0.2) is 0 Å². The van der Waals surface area contributed by atoms with E-state index in [4.69, 9.17) is 5.73 Å². The molecule has 5 heteroatoms. The number of aryl methyl sites for hydroxylation is 1. The van der Waals surface area contributed by atoms with E-state index in [1.807, 2.05) is 27.1 Å². The fourth-order valence-corrected chi connectivity index (χ4v) is 1.38. The van der Waals surface area contributed by atoms with Gasteiger partial charge < -0.3 is 11.1 Å². The maximum absolute atomic E-state index is 11.7. The molecule has 0 aromatic carbocycles. The van der Waals surface area contributed by atoms with Gasteiger partial charge >= 0.3 is 0 Å². The van der Waals surface area contributed by atoms with E-state index in [-0.39, 0.29) is 11.8 Å². The van der Waals surface area contributed by atoms with Gasteiger partial charge in [0.1, 0.15) is 0 Å². The SMILES string of the molecule is CCC(C)[C@H](N)C(=O)NCc1cnn(C)c1. The standard InChI is InChI=1S/C11H20N4O/c1-4-8(2)10(12)11(16)13-5-9-6-14-15(3)7-9/h6-8,10H,4-5,12H2,1-3H3,(H,13,16)/t8?,10-/m0/s1. The summed E-state index contributed by atoms with van der Waals surface area (Å²) in [6, 6.07) is -0.429. The van der Waals surface area contributed by atoms with E-state index in [0.717, 1.165) is 12.0 Å². The minimum atomic E-state index is -0.429. The number of rotatable bonds is 5. The third kappa shape index (κ3) is 3.34. The molecule has 0 saturated carbocycles. The molecule has 2 atom stereocenters. The van der Waals surface area contributed by atoms with Crippen LogP contribution in [-0.4, -0.2) is 21.7 Å². The van der Waals surface area contributed by atoms with Crippen LogP contribution in [0, 0.1) is 5.92 Å². The summed E-state index contributed by atoms with van der Waals surface area (Å²) < 4.78 is 1.70. The Labute approximate surface area is 96.0 Å². The molecular formula is C11H20N4O. The smallest absolute Gasteiger partial charge is 0.237 e. The molecule has 1 aromatic heterocycles. The molecule has 0 bridgehead atoms. The van der Waals surface area contributed by atoms with E-state index in [2.05, 4.69) is 10.4 Å². The van der Waals surface area contributed by atoms with Crippen LogP contribution in [-0.2, 0) is 18.4 Å². The van der Waals surface area contributed by atoms with Crippen molar-refractivity contribution in [2.24, 2.45) is 18.7 Å². The lowest BCUT2D eigenvalue weighted by atomic mass is 9.99. The number of nitrogens with two attached hydrogens (primary N) is 1. The van der Waals surface area contributed by atoms with Gasteiger partial charge in [-0.25, -0.2) is 0 Å². The molecule has 1 unspecified atom stereocenters. The zero-order valence-corrected chi connectivity index (χ0v) is 10.1. The van der Waals surface area contributed by atoms with Crippen LogP contribution >= 0.6 is 0 Å². The number of carbonyl (C=O) groups excluding carboxylic acids is 1. The summed E-state index contributed by atoms with van der Waals surface area (Å²) >= 11 is 0. The Balaban J connectivity index is 2.40. The number of hydrogen-bond donors (Lipinski definition) is 2. The van der Waals surface area contributed by atoms with E-state index >= 15 is 0 Å². The van der Waals surface area contributed by atoms with Crippen LogP contribution in [0.15, 0.2) is 12.4 Å². The maximum atomic E-state index is 11.7. The Hall–Kier alpha value is -1.36. The molecular weight excluding hydrogens is 204 g/mol. The van der Waals surface area contributed by atoms with Gasteiger partial charge in [0.05, 0.1) is 12.2 Å². The molecule has 90 valence electrons. The Morgan fingerprint density at radius 1 is 1.69 bits per heavy atom. The lowest BCUT2D eigenvalue weighted by molar-refractivity contribution is -0.123. The van der Waals surface area contributed by atoms with E-state index in [0.29, 0.717) is 6.54 Å². The van der Waals surface area contributed by atoms with Crippen molar-refractivity contribution < 1.29 is 4.79 Å². The van der Waals surface area contributed by atoms with Crippen LogP contribution in [0.5, 0.6) is 0 Å². The van der Waals surface area contributed by atoms with Crippen LogP contribution in [0.2, 0.25) is 0 Å². The minimum absolute atomic E-state index is 0.0989. The lowest BCUT2D eigenvalue weighted by Crippen LogP contribution is -2.44. The van der Waals surface area contributed by atoms with Gasteiger partial charge in [0, 0.05) is 25.4 Å². The third-order valence-corrected chi connectivity index (χ3v) is 2.78. The number of hydrogen-bond acceptors (Lipinski definition) is 3. The van der Waals surface area contributed by atoms with Gasteiger partial charge in [-0.2, -0.15) is 5.10 Å². The second kappa shape index (κ2) is 5.65. The van der Waals surface area contributed by atoms with Crippen molar-refractivity contribution in [3.8, 4) is 0 Å². The second-order valence-corrected chi connectivity index (χ2v) is 4.15. The monoisotopic (exact) mass is 224 g/mol. The molecule has 1 heterocycles. The lowest BCUT2D eigenvalue weighted by Gasteiger charge is -2.17. The van der Waals surface area contributed by atoms with E-state index in [1.54, 1.807) is 10.9 Å². The zero-order valence-electron chi connectivity index (χ0n) is 10.1. The summed E-state index contributed by atoms with van der Waals surface area (Å²) in [6.45, 7) is 4.49. The summed E-state index contributed by atoms with van der Waals surface area (Å²) in [6.07, 6.45) is 4.51. The van der Waals surface area contributed by atoms with E-state index in [1.165, 1.54) is 0 Å². The molecule has 0 aliphatic rings. The molecule has 0 aliphatic heterocycles. The summed E-state index contributed by atoms with van der Waals surface area (Å²) in [4.78, 5) is 11.7. The highest BCUT2D eigenvalue weighted by Crippen LogP contribution is 2.05. The van der Waals surface area contributed by atoms with E-state index < -0.39 is 6.04 Å². The molecule has 0 saturated heterocycles. The van der Waals surface area contributed by atoms with Crippen LogP contribution < -0.4 is 11.1 Å². The summed E-state index contributed by atoms with van der Waals surface area (Å²) in [5.41, 5.74) is 6.79. The molecule has 0 radical (unpaired) electrons. The van der Waals surface area contributed by atoms with Gasteiger partial charge in [-0.3, -0.25) is 9.48 Å². The average Bonchev–Trinajstić information content (AvgIpc) is 2.69. The highest BCUT2D eigenvalue weighted by atomic mass is 16.2. The molecule has 0 spiro atoms. The first-order valence-corrected chi connectivity index (χ1v) is 5.55. The minimum Gasteiger partial charge on any atom is -0.351 e. The van der Waals surface area contributed by atoms with Crippen molar-refractivity contribution in [2.45, 2.75) is 32.9 Å². The van der Waals surface area contributed by atoms with Crippen molar-refractivity contribution in [1.82, 2.24) is 15.1 Å². The Kier molecular flexibility index (Phi) is 4.49. The fraction of sp³-hybridized carbons (Fsp3) is 0.636. The zero-order chi connectivity index (χ0) is 12.1. The molecule has 5 nitrogen and oxygen atoms in total. The van der Waals surface area contributed by atoms with Crippen molar-refractivity contribution in [1.29, 1.82) is 0 Å². The first-order valence-electron chi connectivity index (χ1n) is 5.55. The molecule has 1 amide bonds. The summed E-state index contributed by atoms with van der Waals surface area (Å²) in [5, 5.41) is 6.83. The van der Waals surface area contributed by atoms with Gasteiger partial charge in [-0.1, -0.05) is 20.3 Å². The normalized spacial score (nSPS) is 14.5. The van der Waals surface area contributed by atoms with Crippen LogP contribution in [0.3, 0.4) is 0 Å². The Morgan fingerprint density at radius 3 is 2.88 bits per heavy atom. The van der Waals surface area contributed by atoms with E-state index in [9.17, 15) is 4.79 Å². The van der Waals surface area contributed by atoms with Gasteiger partial charge in [0.25, 0.3) is 0 Å². The van der Waals surface area contributed by atoms with Crippen molar-refractivity contribution in [3.63, 3.8) is 0 Å². The third-order valence-electron chi connectivity index (χ3n) is 2.78. The molecule has 1 rings (SSSR count). The number of amides is 1. The number of nitrogens with zero attached hydrogens (tertiary/aromatic N) is 2. The largest absolute Gasteiger partial charge is 0.351 e. The summed E-state index contributed by atoms with van der Waals surface area (Å²) in [7, 11) is 1.84. The van der Waals surface area contributed by atoms with Crippen LogP contribution in [0.1, 0.15) is 25.8 Å². The molecule has 0 aliphatic carbocycles. The topological polar surface area (TPSA) is 72.9 Å². The molecule has 3 N–H and O–H groups in total. The predicted octanol–water partition coefficient (Wildman–Crippen LogP) is 0.410. The Morgan fingerprint density at radius 2 is 2.38 bits per heavy atom. The average molecular weight is 224 g/mol. The van der Waals surface area contributed by atoms with Gasteiger partial charge in [-0.05, 0) is 5.92 Å². The predicted molar refractivity (Wildman–Crippen MR) is 62.5 cm³/mol. The number of nitrogens with one attached hydrogen (secondary N) is 1. The van der Waals surface area contributed by atoms with Crippen molar-refractivity contribution in [2.75, 3.05) is 0 Å². The van der Waals surface area contributed by atoms with Crippen LogP contribution in [0.4, 0.5) is 0 Å². The summed E-state index contributed by atoms with van der Waals surface area (Å²) in [5.74, 6) is 0.104. The second-order valence-electron chi connectivity index (χ2n) is 4.15.